The first-order chi connectivity index (χ1) is 10.6. The number of nitrogen functional groups attached to an aromatic ring is 2. The highest BCUT2D eigenvalue weighted by molar-refractivity contribution is 5.91. The number of carbonyl (C=O) groups excluding carboxylic acids is 2. The molecular weight excluding hydrogens is 282 g/mol. The van der Waals surface area contributed by atoms with Crippen LogP contribution < -0.4 is 11.5 Å². The van der Waals surface area contributed by atoms with Crippen molar-refractivity contribution in [3.05, 3.63) is 23.8 Å². The molecule has 1 amide bonds. The third kappa shape index (κ3) is 4.65. The summed E-state index contributed by atoms with van der Waals surface area (Å²) in [4.78, 5) is 25.2. The molecule has 1 aromatic carbocycles. The van der Waals surface area contributed by atoms with Crippen molar-refractivity contribution >= 4 is 23.3 Å². The standard InChI is InChI=1S/C16H23N3O3/c17-13-9-12(10-14(18)11-13)16(21)22-8-3-1-2-6-19-7-4-5-15(19)20/h9-11H,1-8,17-18H2. The molecule has 1 saturated heterocycles. The molecule has 1 fully saturated rings. The van der Waals surface area contributed by atoms with E-state index in [0.29, 0.717) is 30.0 Å². The molecule has 6 nitrogen and oxygen atoms in total. The number of ether oxygens (including phenoxy) is 1. The van der Waals surface area contributed by atoms with Crippen LogP contribution in [0.1, 0.15) is 42.5 Å². The van der Waals surface area contributed by atoms with Crippen molar-refractivity contribution in [3.63, 3.8) is 0 Å². The number of nitrogens with two attached hydrogens (primary N) is 2. The quantitative estimate of drug-likeness (QED) is 0.454. The van der Waals surface area contributed by atoms with Gasteiger partial charge in [0.2, 0.25) is 5.91 Å². The number of rotatable bonds is 7. The fourth-order valence-corrected chi connectivity index (χ4v) is 2.56. The van der Waals surface area contributed by atoms with E-state index >= 15 is 0 Å². The van der Waals surface area contributed by atoms with Gasteiger partial charge in [0, 0.05) is 30.9 Å². The number of nitrogens with zero attached hydrogens (tertiary/aromatic N) is 1. The Morgan fingerprint density at radius 3 is 2.50 bits per heavy atom. The van der Waals surface area contributed by atoms with E-state index in [1.165, 1.54) is 0 Å². The van der Waals surface area contributed by atoms with Gasteiger partial charge in [-0.05, 0) is 43.9 Å². The first kappa shape index (κ1) is 16.1. The minimum absolute atomic E-state index is 0.255. The summed E-state index contributed by atoms with van der Waals surface area (Å²) in [5, 5.41) is 0. The molecule has 1 aliphatic rings. The smallest absolute Gasteiger partial charge is 0.338 e. The maximum absolute atomic E-state index is 11.8. The second-order valence-corrected chi connectivity index (χ2v) is 5.57. The third-order valence-electron chi connectivity index (χ3n) is 3.69. The summed E-state index contributed by atoms with van der Waals surface area (Å²) in [5.41, 5.74) is 12.6. The monoisotopic (exact) mass is 305 g/mol. The summed E-state index contributed by atoms with van der Waals surface area (Å²) >= 11 is 0. The van der Waals surface area contributed by atoms with Gasteiger partial charge in [-0.2, -0.15) is 0 Å². The molecule has 2 rings (SSSR count). The van der Waals surface area contributed by atoms with Crippen LogP contribution in [0, 0.1) is 0 Å². The normalized spacial score (nSPS) is 14.4. The lowest BCUT2D eigenvalue weighted by Crippen LogP contribution is -2.25. The molecule has 1 aromatic rings. The van der Waals surface area contributed by atoms with E-state index in [2.05, 4.69) is 0 Å². The Kier molecular flexibility index (Phi) is 5.63. The highest BCUT2D eigenvalue weighted by Gasteiger charge is 2.18. The molecule has 6 heteroatoms. The van der Waals surface area contributed by atoms with Crippen LogP contribution in [-0.4, -0.2) is 36.5 Å². The van der Waals surface area contributed by atoms with Crippen molar-refractivity contribution in [2.24, 2.45) is 0 Å². The molecule has 0 radical (unpaired) electrons. The van der Waals surface area contributed by atoms with Crippen molar-refractivity contribution in [2.45, 2.75) is 32.1 Å². The molecule has 4 N–H and O–H groups in total. The Labute approximate surface area is 130 Å². The van der Waals surface area contributed by atoms with Gasteiger partial charge in [-0.1, -0.05) is 0 Å². The fourth-order valence-electron chi connectivity index (χ4n) is 2.56. The molecule has 0 bridgehead atoms. The summed E-state index contributed by atoms with van der Waals surface area (Å²) in [6.07, 6.45) is 4.30. The predicted octanol–water partition coefficient (Wildman–Crippen LogP) is 1.80. The van der Waals surface area contributed by atoms with Gasteiger partial charge in [-0.3, -0.25) is 4.79 Å². The molecule has 22 heavy (non-hydrogen) atoms. The topological polar surface area (TPSA) is 98.7 Å². The molecular formula is C16H23N3O3. The molecule has 1 heterocycles. The Balaban J connectivity index is 1.62. The van der Waals surface area contributed by atoms with Gasteiger partial charge in [0.05, 0.1) is 12.2 Å². The van der Waals surface area contributed by atoms with Gasteiger partial charge in [-0.25, -0.2) is 4.79 Å². The Hall–Kier alpha value is -2.24. The molecule has 120 valence electrons. The van der Waals surface area contributed by atoms with E-state index in [-0.39, 0.29) is 5.91 Å². The third-order valence-corrected chi connectivity index (χ3v) is 3.69. The SMILES string of the molecule is Nc1cc(N)cc(C(=O)OCCCCCN2CCCC2=O)c1. The van der Waals surface area contributed by atoms with Crippen LogP contribution in [0.5, 0.6) is 0 Å². The van der Waals surface area contributed by atoms with Crippen LogP contribution in [0.2, 0.25) is 0 Å². The molecule has 0 atom stereocenters. The minimum atomic E-state index is -0.409. The van der Waals surface area contributed by atoms with Crippen LogP contribution in [0.25, 0.3) is 0 Å². The summed E-state index contributed by atoms with van der Waals surface area (Å²) in [5.74, 6) is -0.153. The number of hydrogen-bond donors (Lipinski definition) is 2. The largest absolute Gasteiger partial charge is 0.462 e. The first-order valence-corrected chi connectivity index (χ1v) is 7.67. The number of esters is 1. The van der Waals surface area contributed by atoms with Crippen molar-refractivity contribution in [1.82, 2.24) is 4.90 Å². The van der Waals surface area contributed by atoms with Crippen molar-refractivity contribution in [1.29, 1.82) is 0 Å². The van der Waals surface area contributed by atoms with Crippen molar-refractivity contribution in [2.75, 3.05) is 31.2 Å². The van der Waals surface area contributed by atoms with E-state index in [0.717, 1.165) is 38.8 Å². The van der Waals surface area contributed by atoms with Gasteiger partial charge in [0.25, 0.3) is 0 Å². The highest BCUT2D eigenvalue weighted by atomic mass is 16.5. The number of amides is 1. The van der Waals surface area contributed by atoms with Gasteiger partial charge in [-0.15, -0.1) is 0 Å². The maximum Gasteiger partial charge on any atom is 0.338 e. The molecule has 0 saturated carbocycles. The molecule has 0 aromatic heterocycles. The van der Waals surface area contributed by atoms with Crippen LogP contribution in [-0.2, 0) is 9.53 Å². The molecule has 1 aliphatic heterocycles. The molecule has 0 unspecified atom stereocenters. The Bertz CT molecular complexity index is 525. The van der Waals surface area contributed by atoms with E-state index in [1.807, 2.05) is 4.90 Å². The van der Waals surface area contributed by atoms with Crippen LogP contribution in [0.3, 0.4) is 0 Å². The zero-order chi connectivity index (χ0) is 15.9. The molecule has 0 aliphatic carbocycles. The zero-order valence-electron chi connectivity index (χ0n) is 12.7. The number of benzene rings is 1. The second-order valence-electron chi connectivity index (χ2n) is 5.57. The number of anilines is 2. The van der Waals surface area contributed by atoms with Gasteiger partial charge in [0.15, 0.2) is 0 Å². The van der Waals surface area contributed by atoms with E-state index in [1.54, 1.807) is 18.2 Å². The summed E-state index contributed by atoms with van der Waals surface area (Å²) in [6.45, 7) is 2.05. The highest BCUT2D eigenvalue weighted by Crippen LogP contribution is 2.15. The number of unbranched alkanes of at least 4 members (excludes halogenated alkanes) is 2. The van der Waals surface area contributed by atoms with Gasteiger partial charge >= 0.3 is 5.97 Å². The number of likely N-dealkylation sites (tertiary alicyclic amines) is 1. The first-order valence-electron chi connectivity index (χ1n) is 7.67. The fraction of sp³-hybridized carbons (Fsp3) is 0.500. The minimum Gasteiger partial charge on any atom is -0.462 e. The summed E-state index contributed by atoms with van der Waals surface area (Å²) in [7, 11) is 0. The second kappa shape index (κ2) is 7.68. The molecule has 0 spiro atoms. The predicted molar refractivity (Wildman–Crippen MR) is 85.2 cm³/mol. The lowest BCUT2D eigenvalue weighted by molar-refractivity contribution is -0.127. The number of carbonyl (C=O) groups is 2. The summed E-state index contributed by atoms with van der Waals surface area (Å²) < 4.78 is 5.20. The van der Waals surface area contributed by atoms with E-state index in [9.17, 15) is 9.59 Å². The average molecular weight is 305 g/mol. The zero-order valence-corrected chi connectivity index (χ0v) is 12.7. The van der Waals surface area contributed by atoms with Crippen molar-refractivity contribution in [3.8, 4) is 0 Å². The van der Waals surface area contributed by atoms with Crippen LogP contribution >= 0.6 is 0 Å². The Morgan fingerprint density at radius 2 is 1.86 bits per heavy atom. The van der Waals surface area contributed by atoms with Gasteiger partial charge < -0.3 is 21.1 Å². The van der Waals surface area contributed by atoms with Crippen LogP contribution in [0.4, 0.5) is 11.4 Å². The van der Waals surface area contributed by atoms with E-state index < -0.39 is 5.97 Å². The van der Waals surface area contributed by atoms with Crippen LogP contribution in [0.15, 0.2) is 18.2 Å². The lowest BCUT2D eigenvalue weighted by Gasteiger charge is -2.14. The van der Waals surface area contributed by atoms with E-state index in [4.69, 9.17) is 16.2 Å². The summed E-state index contributed by atoms with van der Waals surface area (Å²) in [6, 6.07) is 4.70. The maximum atomic E-state index is 11.8. The number of hydrogen-bond acceptors (Lipinski definition) is 5. The average Bonchev–Trinajstić information content (AvgIpc) is 2.87. The Morgan fingerprint density at radius 1 is 1.14 bits per heavy atom. The van der Waals surface area contributed by atoms with Gasteiger partial charge in [0.1, 0.15) is 0 Å². The van der Waals surface area contributed by atoms with Crippen molar-refractivity contribution < 1.29 is 14.3 Å². The lowest BCUT2D eigenvalue weighted by atomic mass is 10.2.